The number of carbonyl (C=O) groups is 1. The van der Waals surface area contributed by atoms with E-state index < -0.39 is 5.91 Å². The minimum absolute atomic E-state index is 0. The molecular weight excluding hydrogens is 450 g/mol. The van der Waals surface area contributed by atoms with Crippen molar-refractivity contribution in [3.63, 3.8) is 0 Å². The highest BCUT2D eigenvalue weighted by Gasteiger charge is 2.02. The Balaban J connectivity index is 0.00000338. The molecule has 0 bridgehead atoms. The lowest BCUT2D eigenvalue weighted by Gasteiger charge is -2.13. The minimum atomic E-state index is -0.520. The number of amides is 1. The van der Waals surface area contributed by atoms with Gasteiger partial charge in [-0.05, 0) is 35.4 Å². The van der Waals surface area contributed by atoms with Crippen LogP contribution in [-0.2, 0) is 17.9 Å². The molecule has 140 valence electrons. The second-order valence-corrected chi connectivity index (χ2v) is 5.31. The van der Waals surface area contributed by atoms with E-state index in [9.17, 15) is 9.18 Å². The second-order valence-electron chi connectivity index (χ2n) is 5.31. The van der Waals surface area contributed by atoms with Crippen LogP contribution in [0, 0.1) is 5.82 Å². The predicted octanol–water partition coefficient (Wildman–Crippen LogP) is 2.17. The van der Waals surface area contributed by atoms with Gasteiger partial charge in [-0.3, -0.25) is 9.79 Å². The van der Waals surface area contributed by atoms with E-state index in [0.717, 1.165) is 11.1 Å². The molecule has 8 heteroatoms. The molecule has 0 aliphatic heterocycles. The van der Waals surface area contributed by atoms with E-state index in [-0.39, 0.29) is 36.4 Å². The summed E-state index contributed by atoms with van der Waals surface area (Å²) in [6.07, 6.45) is 0. The third-order valence-corrected chi connectivity index (χ3v) is 3.34. The normalized spacial score (nSPS) is 10.6. The number of ether oxygens (including phenoxy) is 1. The number of nitrogens with two attached hydrogens (primary N) is 1. The van der Waals surface area contributed by atoms with Crippen molar-refractivity contribution in [1.82, 2.24) is 10.6 Å². The minimum Gasteiger partial charge on any atom is -0.484 e. The molecule has 2 aromatic carbocycles. The molecule has 0 spiro atoms. The third kappa shape index (κ3) is 7.68. The van der Waals surface area contributed by atoms with Gasteiger partial charge in [0.1, 0.15) is 11.6 Å². The molecule has 0 saturated carbocycles. The molecule has 0 aliphatic carbocycles. The van der Waals surface area contributed by atoms with E-state index in [1.165, 1.54) is 12.1 Å². The lowest BCUT2D eigenvalue weighted by Crippen LogP contribution is -2.36. The van der Waals surface area contributed by atoms with Crippen molar-refractivity contribution in [2.75, 3.05) is 13.7 Å². The number of nitrogens with one attached hydrogen (secondary N) is 2. The van der Waals surface area contributed by atoms with Crippen LogP contribution in [0.25, 0.3) is 0 Å². The van der Waals surface area contributed by atoms with Crippen molar-refractivity contribution in [3.8, 4) is 5.75 Å². The van der Waals surface area contributed by atoms with Crippen LogP contribution in [0.2, 0.25) is 0 Å². The Kier molecular flexibility index (Phi) is 9.42. The van der Waals surface area contributed by atoms with Crippen molar-refractivity contribution in [2.24, 2.45) is 10.7 Å². The molecule has 26 heavy (non-hydrogen) atoms. The molecule has 0 aliphatic rings. The second kappa shape index (κ2) is 11.3. The first-order valence-electron chi connectivity index (χ1n) is 7.76. The molecule has 0 heterocycles. The van der Waals surface area contributed by atoms with E-state index in [4.69, 9.17) is 10.5 Å². The Hall–Kier alpha value is -2.36. The summed E-state index contributed by atoms with van der Waals surface area (Å²) in [5.74, 6) is 0.416. The number of aliphatic imine (C=N–C) groups is 1. The number of hydrogen-bond acceptors (Lipinski definition) is 3. The number of benzene rings is 2. The van der Waals surface area contributed by atoms with Crippen LogP contribution in [0.1, 0.15) is 11.1 Å². The fraction of sp³-hybridized carbons (Fsp3) is 0.222. The van der Waals surface area contributed by atoms with Gasteiger partial charge in [0, 0.05) is 20.1 Å². The standard InChI is InChI=1S/C18H21FN4O2.HI/c1-21-18(22-10-13-5-7-15(19)8-6-13)23-11-14-3-2-4-16(9-14)25-12-17(20)24;/h2-9H,10-12H2,1H3,(H2,20,24)(H2,21,22,23);1H. The van der Waals surface area contributed by atoms with Crippen LogP contribution >= 0.6 is 24.0 Å². The summed E-state index contributed by atoms with van der Waals surface area (Å²) in [5, 5.41) is 6.33. The summed E-state index contributed by atoms with van der Waals surface area (Å²) in [6, 6.07) is 13.6. The summed E-state index contributed by atoms with van der Waals surface area (Å²) >= 11 is 0. The molecule has 6 nitrogen and oxygen atoms in total. The lowest BCUT2D eigenvalue weighted by molar-refractivity contribution is -0.119. The Bertz CT molecular complexity index is 738. The molecule has 4 N–H and O–H groups in total. The number of nitrogens with zero attached hydrogens (tertiary/aromatic N) is 1. The van der Waals surface area contributed by atoms with Crippen LogP contribution in [0.4, 0.5) is 4.39 Å². The molecule has 0 atom stereocenters. The average Bonchev–Trinajstić information content (AvgIpc) is 2.62. The first kappa shape index (κ1) is 21.7. The largest absolute Gasteiger partial charge is 0.484 e. The van der Waals surface area contributed by atoms with Gasteiger partial charge < -0.3 is 21.1 Å². The number of hydrogen-bond donors (Lipinski definition) is 3. The maximum Gasteiger partial charge on any atom is 0.255 e. The zero-order valence-corrected chi connectivity index (χ0v) is 16.7. The molecular formula is C18H22FIN4O2. The van der Waals surface area contributed by atoms with Gasteiger partial charge >= 0.3 is 0 Å². The number of carbonyl (C=O) groups excluding carboxylic acids is 1. The molecule has 0 aromatic heterocycles. The fourth-order valence-corrected chi connectivity index (χ4v) is 2.09. The zero-order valence-electron chi connectivity index (χ0n) is 14.4. The fourth-order valence-electron chi connectivity index (χ4n) is 2.09. The highest BCUT2D eigenvalue weighted by Crippen LogP contribution is 2.13. The monoisotopic (exact) mass is 472 g/mol. The molecule has 2 aromatic rings. The molecule has 0 fully saturated rings. The Labute approximate surface area is 169 Å². The van der Waals surface area contributed by atoms with Crippen molar-refractivity contribution < 1.29 is 13.9 Å². The van der Waals surface area contributed by atoms with Crippen molar-refractivity contribution in [3.05, 3.63) is 65.5 Å². The Morgan fingerprint density at radius 1 is 1.12 bits per heavy atom. The van der Waals surface area contributed by atoms with Crippen LogP contribution in [0.15, 0.2) is 53.5 Å². The van der Waals surface area contributed by atoms with E-state index in [0.29, 0.717) is 24.8 Å². The molecule has 0 saturated heterocycles. The van der Waals surface area contributed by atoms with Gasteiger partial charge in [0.05, 0.1) is 0 Å². The first-order chi connectivity index (χ1) is 12.1. The SMILES string of the molecule is CN=C(NCc1ccc(F)cc1)NCc1cccc(OCC(N)=O)c1.I. The van der Waals surface area contributed by atoms with E-state index in [1.54, 1.807) is 25.2 Å². The lowest BCUT2D eigenvalue weighted by atomic mass is 10.2. The molecule has 0 unspecified atom stereocenters. The summed E-state index contributed by atoms with van der Waals surface area (Å²) in [4.78, 5) is 14.9. The van der Waals surface area contributed by atoms with Gasteiger partial charge in [0.15, 0.2) is 12.6 Å². The quantitative estimate of drug-likeness (QED) is 0.328. The van der Waals surface area contributed by atoms with Crippen LogP contribution in [0.3, 0.4) is 0 Å². The maximum atomic E-state index is 12.9. The van der Waals surface area contributed by atoms with Gasteiger partial charge in [-0.2, -0.15) is 0 Å². The number of primary amides is 1. The number of halogens is 2. The smallest absolute Gasteiger partial charge is 0.255 e. The molecule has 2 rings (SSSR count). The summed E-state index contributed by atoms with van der Waals surface area (Å²) < 4.78 is 18.2. The van der Waals surface area contributed by atoms with Crippen LogP contribution in [0.5, 0.6) is 5.75 Å². The molecule has 1 amide bonds. The summed E-state index contributed by atoms with van der Waals surface area (Å²) in [5.41, 5.74) is 6.98. The first-order valence-corrected chi connectivity index (χ1v) is 7.76. The van der Waals surface area contributed by atoms with Gasteiger partial charge in [-0.1, -0.05) is 24.3 Å². The zero-order chi connectivity index (χ0) is 18.1. The number of rotatable bonds is 7. The topological polar surface area (TPSA) is 88.7 Å². The van der Waals surface area contributed by atoms with Gasteiger partial charge in [-0.25, -0.2) is 4.39 Å². The highest BCUT2D eigenvalue weighted by atomic mass is 127. The van der Waals surface area contributed by atoms with Gasteiger partial charge in [-0.15, -0.1) is 24.0 Å². The highest BCUT2D eigenvalue weighted by molar-refractivity contribution is 14.0. The van der Waals surface area contributed by atoms with E-state index in [1.807, 2.05) is 18.2 Å². The number of guanidine groups is 1. The van der Waals surface area contributed by atoms with Crippen molar-refractivity contribution >= 4 is 35.8 Å². The molecule has 0 radical (unpaired) electrons. The van der Waals surface area contributed by atoms with Crippen molar-refractivity contribution in [1.29, 1.82) is 0 Å². The van der Waals surface area contributed by atoms with Gasteiger partial charge in [0.2, 0.25) is 0 Å². The summed E-state index contributed by atoms with van der Waals surface area (Å²) in [6.45, 7) is 0.899. The predicted molar refractivity (Wildman–Crippen MR) is 110 cm³/mol. The average molecular weight is 472 g/mol. The van der Waals surface area contributed by atoms with E-state index in [2.05, 4.69) is 15.6 Å². The van der Waals surface area contributed by atoms with Gasteiger partial charge in [0.25, 0.3) is 5.91 Å². The van der Waals surface area contributed by atoms with Crippen molar-refractivity contribution in [2.45, 2.75) is 13.1 Å². The Morgan fingerprint density at radius 2 is 1.77 bits per heavy atom. The third-order valence-electron chi connectivity index (χ3n) is 3.34. The van der Waals surface area contributed by atoms with Crippen LogP contribution < -0.4 is 21.1 Å². The maximum absolute atomic E-state index is 12.9. The Morgan fingerprint density at radius 3 is 2.38 bits per heavy atom. The van der Waals surface area contributed by atoms with E-state index >= 15 is 0 Å². The summed E-state index contributed by atoms with van der Waals surface area (Å²) in [7, 11) is 1.67. The van der Waals surface area contributed by atoms with Crippen LogP contribution in [-0.4, -0.2) is 25.5 Å².